The first kappa shape index (κ1) is 14.5. The van der Waals surface area contributed by atoms with Gasteiger partial charge in [0.05, 0.1) is 25.7 Å². The van der Waals surface area contributed by atoms with Gasteiger partial charge in [0.25, 0.3) is 0 Å². The van der Waals surface area contributed by atoms with Gasteiger partial charge in [0.1, 0.15) is 6.04 Å². The molecule has 1 aliphatic rings. The van der Waals surface area contributed by atoms with Crippen molar-refractivity contribution in [3.8, 4) is 6.07 Å². The molecule has 0 unspecified atom stereocenters. The normalized spacial score (nSPS) is 21.7. The van der Waals surface area contributed by atoms with Gasteiger partial charge in [0.15, 0.2) is 0 Å². The molecule has 0 aromatic rings. The summed E-state index contributed by atoms with van der Waals surface area (Å²) in [6, 6.07) is 1.27. The van der Waals surface area contributed by atoms with Crippen molar-refractivity contribution in [3.63, 3.8) is 0 Å². The molecule has 0 spiro atoms. The lowest BCUT2D eigenvalue weighted by Gasteiger charge is -2.19. The van der Waals surface area contributed by atoms with Crippen LogP contribution in [0.15, 0.2) is 0 Å². The fourth-order valence-corrected chi connectivity index (χ4v) is 1.79. The van der Waals surface area contributed by atoms with Crippen molar-refractivity contribution >= 4 is 11.9 Å². The van der Waals surface area contributed by atoms with E-state index in [9.17, 15) is 9.59 Å². The lowest BCUT2D eigenvalue weighted by atomic mass is 10.0. The molecular weight excluding hydrogens is 236 g/mol. The number of rotatable bonds is 5. The highest BCUT2D eigenvalue weighted by molar-refractivity contribution is 5.85. The van der Waals surface area contributed by atoms with Gasteiger partial charge in [-0.2, -0.15) is 5.26 Å². The van der Waals surface area contributed by atoms with Crippen molar-refractivity contribution in [1.82, 2.24) is 5.32 Å². The second-order valence-corrected chi connectivity index (χ2v) is 4.41. The van der Waals surface area contributed by atoms with Crippen LogP contribution in [0.5, 0.6) is 0 Å². The largest absolute Gasteiger partial charge is 0.467 e. The van der Waals surface area contributed by atoms with Gasteiger partial charge < -0.3 is 14.8 Å². The standard InChI is InChI=1S/C12H18N2O4/c1-8(6-13)5-10(12(16)17-2)14-11(15)9-3-4-18-7-9/h8-10H,3-5,7H2,1-2H3,(H,14,15)/t8-,9+,10-/m0/s1. The summed E-state index contributed by atoms with van der Waals surface area (Å²) in [5.74, 6) is -1.28. The van der Waals surface area contributed by atoms with Gasteiger partial charge in [-0.1, -0.05) is 0 Å². The van der Waals surface area contributed by atoms with Crippen LogP contribution in [0.25, 0.3) is 0 Å². The number of esters is 1. The van der Waals surface area contributed by atoms with Crippen molar-refractivity contribution in [3.05, 3.63) is 0 Å². The van der Waals surface area contributed by atoms with Gasteiger partial charge in [-0.15, -0.1) is 0 Å². The molecule has 0 aliphatic carbocycles. The average Bonchev–Trinajstić information content (AvgIpc) is 2.90. The maximum Gasteiger partial charge on any atom is 0.328 e. The Bertz CT molecular complexity index is 344. The van der Waals surface area contributed by atoms with Crippen LogP contribution >= 0.6 is 0 Å². The molecule has 100 valence electrons. The summed E-state index contributed by atoms with van der Waals surface area (Å²) >= 11 is 0. The van der Waals surface area contributed by atoms with Gasteiger partial charge >= 0.3 is 5.97 Å². The van der Waals surface area contributed by atoms with E-state index in [0.717, 1.165) is 0 Å². The van der Waals surface area contributed by atoms with Crippen molar-refractivity contribution in [2.45, 2.75) is 25.8 Å². The molecule has 1 rings (SSSR count). The van der Waals surface area contributed by atoms with E-state index in [1.54, 1.807) is 6.92 Å². The lowest BCUT2D eigenvalue weighted by Crippen LogP contribution is -2.45. The predicted molar refractivity (Wildman–Crippen MR) is 62.3 cm³/mol. The zero-order valence-electron chi connectivity index (χ0n) is 10.6. The molecule has 0 bridgehead atoms. The van der Waals surface area contributed by atoms with E-state index < -0.39 is 12.0 Å². The zero-order chi connectivity index (χ0) is 13.5. The minimum atomic E-state index is -0.766. The number of nitriles is 1. The molecule has 1 N–H and O–H groups in total. The number of methoxy groups -OCH3 is 1. The molecule has 3 atom stereocenters. The van der Waals surface area contributed by atoms with E-state index in [1.807, 2.05) is 6.07 Å². The molecule has 0 saturated carbocycles. The topological polar surface area (TPSA) is 88.4 Å². The molecule has 6 heteroatoms. The Hall–Kier alpha value is -1.61. The smallest absolute Gasteiger partial charge is 0.328 e. The molecule has 0 aromatic heterocycles. The van der Waals surface area contributed by atoms with E-state index in [1.165, 1.54) is 7.11 Å². The summed E-state index contributed by atoms with van der Waals surface area (Å²) < 4.78 is 9.75. The third kappa shape index (κ3) is 4.00. The number of nitrogens with zero attached hydrogens (tertiary/aromatic N) is 1. The number of nitrogens with one attached hydrogen (secondary N) is 1. The molecule has 1 aliphatic heterocycles. The average molecular weight is 254 g/mol. The first-order valence-electron chi connectivity index (χ1n) is 5.94. The van der Waals surface area contributed by atoms with Crippen molar-refractivity contribution < 1.29 is 19.1 Å². The van der Waals surface area contributed by atoms with Crippen LogP contribution in [0.2, 0.25) is 0 Å². The molecule has 1 fully saturated rings. The highest BCUT2D eigenvalue weighted by atomic mass is 16.5. The summed E-state index contributed by atoms with van der Waals surface area (Å²) in [7, 11) is 1.26. The lowest BCUT2D eigenvalue weighted by molar-refractivity contribution is -0.146. The van der Waals surface area contributed by atoms with Crippen LogP contribution in [-0.2, 0) is 19.1 Å². The monoisotopic (exact) mass is 254 g/mol. The summed E-state index contributed by atoms with van der Waals surface area (Å²) in [4.78, 5) is 23.4. The van der Waals surface area contributed by atoms with Crippen molar-refractivity contribution in [1.29, 1.82) is 5.26 Å². The molecule has 18 heavy (non-hydrogen) atoms. The maximum atomic E-state index is 11.9. The second kappa shape index (κ2) is 6.97. The minimum absolute atomic E-state index is 0.213. The molecule has 0 aromatic carbocycles. The number of amides is 1. The Morgan fingerprint density at radius 3 is 2.83 bits per heavy atom. The third-order valence-corrected chi connectivity index (χ3v) is 2.91. The van der Waals surface area contributed by atoms with Crippen LogP contribution in [0, 0.1) is 23.2 Å². The number of carbonyl (C=O) groups excluding carboxylic acids is 2. The van der Waals surface area contributed by atoms with Crippen LogP contribution in [0.1, 0.15) is 19.8 Å². The Balaban J connectivity index is 2.57. The summed E-state index contributed by atoms with van der Waals surface area (Å²) in [5.41, 5.74) is 0. The Kier molecular flexibility index (Phi) is 5.59. The number of hydrogen-bond donors (Lipinski definition) is 1. The number of carbonyl (C=O) groups is 2. The summed E-state index contributed by atoms with van der Waals surface area (Å²) in [6.07, 6.45) is 0.913. The van der Waals surface area contributed by atoms with Crippen molar-refractivity contribution in [2.75, 3.05) is 20.3 Å². The Morgan fingerprint density at radius 1 is 1.61 bits per heavy atom. The number of hydrogen-bond acceptors (Lipinski definition) is 5. The highest BCUT2D eigenvalue weighted by Crippen LogP contribution is 2.14. The van der Waals surface area contributed by atoms with Crippen molar-refractivity contribution in [2.24, 2.45) is 11.8 Å². The van der Waals surface area contributed by atoms with Crippen LogP contribution < -0.4 is 5.32 Å². The number of ether oxygens (including phenoxy) is 2. The Labute approximate surface area is 106 Å². The van der Waals surface area contributed by atoms with E-state index in [-0.39, 0.29) is 24.2 Å². The van der Waals surface area contributed by atoms with Gasteiger partial charge in [-0.25, -0.2) is 4.79 Å². The van der Waals surface area contributed by atoms with Gasteiger partial charge in [0.2, 0.25) is 5.91 Å². The van der Waals surface area contributed by atoms with Crippen LogP contribution in [0.4, 0.5) is 0 Å². The fraction of sp³-hybridized carbons (Fsp3) is 0.750. The zero-order valence-corrected chi connectivity index (χ0v) is 10.6. The molecule has 1 heterocycles. The molecule has 1 amide bonds. The van der Waals surface area contributed by atoms with E-state index >= 15 is 0 Å². The van der Waals surface area contributed by atoms with Gasteiger partial charge in [-0.05, 0) is 19.8 Å². The predicted octanol–water partition coefficient (Wildman–Crippen LogP) is 0.230. The second-order valence-electron chi connectivity index (χ2n) is 4.41. The van der Waals surface area contributed by atoms with E-state index in [4.69, 9.17) is 10.00 Å². The quantitative estimate of drug-likeness (QED) is 0.709. The maximum absolute atomic E-state index is 11.9. The first-order chi connectivity index (χ1) is 8.58. The first-order valence-corrected chi connectivity index (χ1v) is 5.94. The van der Waals surface area contributed by atoms with Gasteiger partial charge in [0, 0.05) is 12.5 Å². The minimum Gasteiger partial charge on any atom is -0.467 e. The molecule has 1 saturated heterocycles. The Morgan fingerprint density at radius 2 is 2.33 bits per heavy atom. The summed E-state index contributed by atoms with van der Waals surface area (Å²) in [5, 5.41) is 11.4. The SMILES string of the molecule is COC(=O)[C@H](C[C@H](C)C#N)NC(=O)[C@@H]1CCOC1. The van der Waals surface area contributed by atoms with Gasteiger partial charge in [-0.3, -0.25) is 4.79 Å². The third-order valence-electron chi connectivity index (χ3n) is 2.91. The van der Waals surface area contributed by atoms with E-state index in [2.05, 4.69) is 10.1 Å². The summed E-state index contributed by atoms with van der Waals surface area (Å²) in [6.45, 7) is 2.64. The van der Waals surface area contributed by atoms with E-state index in [0.29, 0.717) is 19.6 Å². The molecule has 0 radical (unpaired) electrons. The van der Waals surface area contributed by atoms with Crippen LogP contribution in [-0.4, -0.2) is 38.2 Å². The molecule has 6 nitrogen and oxygen atoms in total. The highest BCUT2D eigenvalue weighted by Gasteiger charge is 2.29. The van der Waals surface area contributed by atoms with Crippen LogP contribution in [0.3, 0.4) is 0 Å². The molecular formula is C12H18N2O4. The fourth-order valence-electron chi connectivity index (χ4n) is 1.79.